The van der Waals surface area contributed by atoms with Crippen LogP contribution in [0, 0.1) is 12.8 Å². The highest BCUT2D eigenvalue weighted by Crippen LogP contribution is 2.36. The Hall–Kier alpha value is -3.83. The van der Waals surface area contributed by atoms with Crippen molar-refractivity contribution in [3.8, 4) is 11.5 Å². The molecule has 204 valence electrons. The number of benzene rings is 2. The molecule has 4 rings (SSSR count). The fraction of sp³-hybridized carbons (Fsp3) is 0.385. The molecule has 0 radical (unpaired) electrons. The van der Waals surface area contributed by atoms with Crippen molar-refractivity contribution in [3.63, 3.8) is 0 Å². The van der Waals surface area contributed by atoms with Crippen molar-refractivity contribution in [1.29, 1.82) is 0 Å². The molecule has 0 atom stereocenters. The third-order valence-electron chi connectivity index (χ3n) is 6.29. The van der Waals surface area contributed by atoms with Gasteiger partial charge in [-0.1, -0.05) is 23.7 Å². The molecule has 0 saturated carbocycles. The van der Waals surface area contributed by atoms with Crippen LogP contribution in [0.15, 0.2) is 36.4 Å². The summed E-state index contributed by atoms with van der Waals surface area (Å²) in [6.07, 6.45) is 2.10. The number of halogens is 1. The summed E-state index contributed by atoms with van der Waals surface area (Å²) in [7, 11) is 3.09. The molecule has 38 heavy (non-hydrogen) atoms. The topological polar surface area (TPSA) is 143 Å². The molecular formula is C26H31ClN4O7. The van der Waals surface area contributed by atoms with Crippen LogP contribution in [0.1, 0.15) is 18.7 Å². The van der Waals surface area contributed by atoms with Crippen LogP contribution in [-0.4, -0.2) is 76.4 Å². The minimum absolute atomic E-state index is 0.0839. The first-order chi connectivity index (χ1) is 18.1. The molecule has 1 aliphatic rings. The smallest absolute Gasteiger partial charge is 0.414 e. The quantitative estimate of drug-likeness (QED) is 0.379. The van der Waals surface area contributed by atoms with Gasteiger partial charge in [0.25, 0.3) is 0 Å². The fourth-order valence-electron chi connectivity index (χ4n) is 4.36. The van der Waals surface area contributed by atoms with E-state index in [0.29, 0.717) is 34.7 Å². The molecule has 3 N–H and O–H groups in total. The second kappa shape index (κ2) is 13.1. The molecule has 0 bridgehead atoms. The molecule has 2 aromatic carbocycles. The van der Waals surface area contributed by atoms with E-state index in [0.717, 1.165) is 43.8 Å². The Bertz CT molecular complexity index is 1290. The zero-order valence-corrected chi connectivity index (χ0v) is 22.2. The molecule has 11 nitrogen and oxygen atoms in total. The number of carbonyl (C=O) groups excluding carboxylic acids is 1. The number of para-hydroxylation sites is 2. The highest BCUT2D eigenvalue weighted by atomic mass is 35.5. The minimum atomic E-state index is -1.82. The Morgan fingerprint density at radius 1 is 1.05 bits per heavy atom. The van der Waals surface area contributed by atoms with Crippen molar-refractivity contribution < 1.29 is 34.1 Å². The summed E-state index contributed by atoms with van der Waals surface area (Å²) >= 11 is 6.21. The number of nitrogens with zero attached hydrogens (tertiary/aromatic N) is 3. The number of fused-ring (bicyclic) bond motifs is 1. The minimum Gasteiger partial charge on any atom is -0.495 e. The maximum Gasteiger partial charge on any atom is 0.414 e. The maximum absolute atomic E-state index is 12.6. The van der Waals surface area contributed by atoms with Crippen molar-refractivity contribution >= 4 is 46.2 Å². The van der Waals surface area contributed by atoms with Crippen molar-refractivity contribution in [2.24, 2.45) is 5.92 Å². The summed E-state index contributed by atoms with van der Waals surface area (Å²) in [5.74, 6) is -1.08. The molecule has 2 heterocycles. The molecule has 1 saturated heterocycles. The lowest BCUT2D eigenvalue weighted by Gasteiger charge is -2.32. The van der Waals surface area contributed by atoms with Gasteiger partial charge in [0.15, 0.2) is 0 Å². The first-order valence-electron chi connectivity index (χ1n) is 11.9. The Morgan fingerprint density at radius 2 is 1.68 bits per heavy atom. The van der Waals surface area contributed by atoms with Crippen LogP contribution in [0.3, 0.4) is 0 Å². The van der Waals surface area contributed by atoms with E-state index in [9.17, 15) is 4.79 Å². The van der Waals surface area contributed by atoms with E-state index < -0.39 is 11.9 Å². The summed E-state index contributed by atoms with van der Waals surface area (Å²) in [6, 6.07) is 11.6. The number of carboxylic acid groups (broad SMARTS) is 2. The molecule has 1 aliphatic heterocycles. The lowest BCUT2D eigenvalue weighted by molar-refractivity contribution is -0.159. The predicted octanol–water partition coefficient (Wildman–Crippen LogP) is 3.52. The summed E-state index contributed by atoms with van der Waals surface area (Å²) in [5, 5.41) is 18.1. The lowest BCUT2D eigenvalue weighted by Crippen LogP contribution is -2.40. The Morgan fingerprint density at radius 3 is 2.29 bits per heavy atom. The van der Waals surface area contributed by atoms with Crippen LogP contribution in [0.4, 0.5) is 5.69 Å². The van der Waals surface area contributed by atoms with Crippen molar-refractivity contribution in [2.45, 2.75) is 26.3 Å². The first-order valence-corrected chi connectivity index (χ1v) is 12.3. The number of imidazole rings is 1. The van der Waals surface area contributed by atoms with Crippen LogP contribution in [0.25, 0.3) is 11.0 Å². The number of likely N-dealkylation sites (tertiary alicyclic amines) is 1. The highest BCUT2D eigenvalue weighted by molar-refractivity contribution is 6.32. The van der Waals surface area contributed by atoms with E-state index in [1.807, 2.05) is 6.07 Å². The van der Waals surface area contributed by atoms with Gasteiger partial charge in [-0.25, -0.2) is 14.6 Å². The SMILES string of the molecule is COc1cc(OC)c(NC(=O)CN2CCC(Cn3c(C)nc4ccccc43)CC2)cc1Cl.O=C(O)C(=O)O. The number of aromatic nitrogens is 2. The fourth-order valence-corrected chi connectivity index (χ4v) is 4.60. The molecule has 0 aliphatic carbocycles. The first kappa shape index (κ1) is 28.7. The van der Waals surface area contributed by atoms with Crippen molar-refractivity contribution in [1.82, 2.24) is 14.5 Å². The van der Waals surface area contributed by atoms with Gasteiger partial charge in [0.2, 0.25) is 5.91 Å². The van der Waals surface area contributed by atoms with Crippen LogP contribution in [0.2, 0.25) is 5.02 Å². The largest absolute Gasteiger partial charge is 0.495 e. The number of methoxy groups -OCH3 is 2. The lowest BCUT2D eigenvalue weighted by atomic mass is 9.96. The average Bonchev–Trinajstić information content (AvgIpc) is 3.20. The van der Waals surface area contributed by atoms with Gasteiger partial charge in [-0.2, -0.15) is 0 Å². The summed E-state index contributed by atoms with van der Waals surface area (Å²) < 4.78 is 12.9. The van der Waals surface area contributed by atoms with E-state index in [1.165, 1.54) is 5.52 Å². The highest BCUT2D eigenvalue weighted by Gasteiger charge is 2.23. The van der Waals surface area contributed by atoms with Crippen molar-refractivity contribution in [3.05, 3.63) is 47.2 Å². The van der Waals surface area contributed by atoms with E-state index in [-0.39, 0.29) is 5.91 Å². The Kier molecular flexibility index (Phi) is 9.91. The number of carbonyl (C=O) groups is 3. The number of carboxylic acids is 2. The number of aryl methyl sites for hydroxylation is 1. The Balaban J connectivity index is 0.000000599. The number of rotatable bonds is 7. The number of aliphatic carboxylic acids is 2. The number of piperidine rings is 1. The second-order valence-electron chi connectivity index (χ2n) is 8.82. The molecule has 0 spiro atoms. The number of amides is 1. The molecule has 12 heteroatoms. The van der Waals surface area contributed by atoms with Gasteiger partial charge >= 0.3 is 11.9 Å². The van der Waals surface area contributed by atoms with Crippen LogP contribution >= 0.6 is 11.6 Å². The van der Waals surface area contributed by atoms with Gasteiger partial charge in [0.05, 0.1) is 42.5 Å². The third-order valence-corrected chi connectivity index (χ3v) is 6.59. The Labute approximate surface area is 224 Å². The van der Waals surface area contributed by atoms with E-state index in [1.54, 1.807) is 26.4 Å². The van der Waals surface area contributed by atoms with E-state index in [4.69, 9.17) is 40.9 Å². The normalized spacial score (nSPS) is 13.9. The van der Waals surface area contributed by atoms with E-state index >= 15 is 0 Å². The monoisotopic (exact) mass is 546 g/mol. The number of ether oxygens (including phenoxy) is 2. The molecule has 1 amide bonds. The summed E-state index contributed by atoms with van der Waals surface area (Å²) in [4.78, 5) is 37.7. The third kappa shape index (κ3) is 7.36. The maximum atomic E-state index is 12.6. The average molecular weight is 547 g/mol. The van der Waals surface area contributed by atoms with Gasteiger partial charge in [0, 0.05) is 12.6 Å². The predicted molar refractivity (Wildman–Crippen MR) is 142 cm³/mol. The van der Waals surface area contributed by atoms with Gasteiger partial charge in [0.1, 0.15) is 17.3 Å². The summed E-state index contributed by atoms with van der Waals surface area (Å²) in [6.45, 7) is 5.16. The van der Waals surface area contributed by atoms with Crippen LogP contribution < -0.4 is 14.8 Å². The number of hydrogen-bond donors (Lipinski definition) is 3. The summed E-state index contributed by atoms with van der Waals surface area (Å²) in [5.41, 5.74) is 2.78. The van der Waals surface area contributed by atoms with Gasteiger partial charge < -0.3 is 29.6 Å². The molecule has 3 aromatic rings. The zero-order valence-electron chi connectivity index (χ0n) is 21.4. The second-order valence-corrected chi connectivity index (χ2v) is 9.23. The van der Waals surface area contributed by atoms with Gasteiger partial charge in [-0.05, 0) is 57.0 Å². The van der Waals surface area contributed by atoms with Crippen LogP contribution in [0.5, 0.6) is 11.5 Å². The zero-order chi connectivity index (χ0) is 27.8. The van der Waals surface area contributed by atoms with Gasteiger partial charge in [-0.15, -0.1) is 0 Å². The van der Waals surface area contributed by atoms with Crippen LogP contribution in [-0.2, 0) is 20.9 Å². The molecule has 1 aromatic heterocycles. The molecule has 1 fully saturated rings. The molecule has 0 unspecified atom stereocenters. The number of nitrogens with one attached hydrogen (secondary N) is 1. The standard InChI is InChI=1S/C24H29ClN4O3.C2H2O4/c1-16-26-19-6-4-5-7-21(19)29(16)14-17-8-10-28(11-9-17)15-24(30)27-20-12-18(25)22(31-2)13-23(20)32-3;3-1(4)2(5)6/h4-7,12-13,17H,8-11,14-15H2,1-3H3,(H,27,30);(H,3,4)(H,5,6). The molecular weight excluding hydrogens is 516 g/mol. The van der Waals surface area contributed by atoms with Gasteiger partial charge in [-0.3, -0.25) is 9.69 Å². The van der Waals surface area contributed by atoms with Crippen molar-refractivity contribution in [2.75, 3.05) is 39.2 Å². The number of hydrogen-bond acceptors (Lipinski definition) is 7. The van der Waals surface area contributed by atoms with E-state index in [2.05, 4.69) is 44.9 Å². The number of anilines is 1.